The molecule has 3 N–H and O–H groups in total. The van der Waals surface area contributed by atoms with Crippen LogP contribution in [0.4, 0.5) is 11.4 Å². The number of nitro benzene ring substituents is 1. The lowest BCUT2D eigenvalue weighted by Crippen LogP contribution is -2.24. The van der Waals surface area contributed by atoms with Crippen LogP contribution in [0.3, 0.4) is 0 Å². The summed E-state index contributed by atoms with van der Waals surface area (Å²) in [7, 11) is 0. The van der Waals surface area contributed by atoms with Gasteiger partial charge in [-0.3, -0.25) is 14.9 Å². The molecule has 1 heterocycles. The van der Waals surface area contributed by atoms with Gasteiger partial charge < -0.3 is 15.9 Å². The van der Waals surface area contributed by atoms with Crippen LogP contribution in [-0.2, 0) is 11.4 Å². The van der Waals surface area contributed by atoms with E-state index in [1.54, 1.807) is 6.92 Å². The van der Waals surface area contributed by atoms with Crippen LogP contribution in [0.15, 0.2) is 53.7 Å². The minimum Gasteiger partial charge on any atom is -0.486 e. The van der Waals surface area contributed by atoms with E-state index in [9.17, 15) is 14.9 Å². The van der Waals surface area contributed by atoms with Crippen LogP contribution in [0.1, 0.15) is 38.1 Å². The topological polar surface area (TPSA) is 138 Å². The van der Waals surface area contributed by atoms with Gasteiger partial charge in [-0.25, -0.2) is 4.68 Å². The van der Waals surface area contributed by atoms with Gasteiger partial charge >= 0.3 is 0 Å². The Kier molecular flexibility index (Phi) is 7.31. The summed E-state index contributed by atoms with van der Waals surface area (Å²) in [6, 6.07) is 13.4. The Labute approximate surface area is 189 Å². The molecule has 3 aromatic rings. The monoisotopic (exact) mass is 456 g/mol. The Morgan fingerprint density at radius 2 is 1.81 bits per heavy atom. The molecular weight excluding hydrogens is 432 g/mol. The summed E-state index contributed by atoms with van der Waals surface area (Å²) >= 11 is 1.14. The summed E-state index contributed by atoms with van der Waals surface area (Å²) in [4.78, 5) is 22.7. The first-order valence-electron chi connectivity index (χ1n) is 9.88. The highest BCUT2D eigenvalue weighted by Crippen LogP contribution is 2.24. The van der Waals surface area contributed by atoms with Gasteiger partial charge in [0.2, 0.25) is 11.1 Å². The SMILES string of the molecule is CC(Sc1nnc(COc2ccc(C(C)C)cc2)n1N)C(=O)Nc1ccc([N+](=O)[O-])cc1. The van der Waals surface area contributed by atoms with E-state index in [1.165, 1.54) is 34.5 Å². The molecule has 0 fully saturated rings. The highest BCUT2D eigenvalue weighted by atomic mass is 32.2. The van der Waals surface area contributed by atoms with Crippen LogP contribution >= 0.6 is 11.8 Å². The van der Waals surface area contributed by atoms with E-state index in [0.717, 1.165) is 11.8 Å². The summed E-state index contributed by atoms with van der Waals surface area (Å²) < 4.78 is 7.03. The van der Waals surface area contributed by atoms with Crippen molar-refractivity contribution in [1.29, 1.82) is 0 Å². The molecule has 0 spiro atoms. The lowest BCUT2D eigenvalue weighted by molar-refractivity contribution is -0.384. The molecule has 1 unspecified atom stereocenters. The van der Waals surface area contributed by atoms with Crippen molar-refractivity contribution < 1.29 is 14.5 Å². The maximum atomic E-state index is 12.5. The molecule has 11 heteroatoms. The zero-order valence-corrected chi connectivity index (χ0v) is 18.7. The van der Waals surface area contributed by atoms with Crippen molar-refractivity contribution in [2.45, 2.75) is 43.7 Å². The maximum Gasteiger partial charge on any atom is 0.269 e. The van der Waals surface area contributed by atoms with Gasteiger partial charge in [-0.15, -0.1) is 10.2 Å². The number of carbonyl (C=O) groups excluding carboxylic acids is 1. The minimum absolute atomic E-state index is 0.0488. The van der Waals surface area contributed by atoms with Crippen molar-refractivity contribution in [3.05, 3.63) is 70.0 Å². The van der Waals surface area contributed by atoms with E-state index < -0.39 is 10.2 Å². The van der Waals surface area contributed by atoms with Crippen LogP contribution in [0.2, 0.25) is 0 Å². The summed E-state index contributed by atoms with van der Waals surface area (Å²) in [6.45, 7) is 6.08. The summed E-state index contributed by atoms with van der Waals surface area (Å²) in [5.74, 6) is 7.33. The molecule has 3 rings (SSSR count). The Balaban J connectivity index is 1.55. The van der Waals surface area contributed by atoms with Crippen LogP contribution in [0, 0.1) is 10.1 Å². The Morgan fingerprint density at radius 1 is 1.16 bits per heavy atom. The molecule has 32 heavy (non-hydrogen) atoms. The van der Waals surface area contributed by atoms with Crippen molar-refractivity contribution in [3.8, 4) is 5.75 Å². The van der Waals surface area contributed by atoms with E-state index in [1.807, 2.05) is 24.3 Å². The molecule has 0 aliphatic carbocycles. The third-order valence-electron chi connectivity index (χ3n) is 4.65. The lowest BCUT2D eigenvalue weighted by Gasteiger charge is -2.12. The summed E-state index contributed by atoms with van der Waals surface area (Å²) in [5, 5.41) is 21.4. The molecule has 10 nitrogen and oxygen atoms in total. The van der Waals surface area contributed by atoms with Gasteiger partial charge in [-0.2, -0.15) is 0 Å². The van der Waals surface area contributed by atoms with Crippen molar-refractivity contribution in [2.24, 2.45) is 0 Å². The Hall–Kier alpha value is -3.60. The van der Waals surface area contributed by atoms with Crippen molar-refractivity contribution in [3.63, 3.8) is 0 Å². The number of thioether (sulfide) groups is 1. The largest absolute Gasteiger partial charge is 0.486 e. The van der Waals surface area contributed by atoms with Gasteiger partial charge in [-0.1, -0.05) is 37.7 Å². The van der Waals surface area contributed by atoms with Crippen molar-refractivity contribution in [1.82, 2.24) is 14.9 Å². The van der Waals surface area contributed by atoms with Crippen LogP contribution in [0.5, 0.6) is 5.75 Å². The number of hydrogen-bond donors (Lipinski definition) is 2. The lowest BCUT2D eigenvalue weighted by atomic mass is 10.0. The van der Waals surface area contributed by atoms with E-state index in [4.69, 9.17) is 10.6 Å². The number of non-ortho nitro benzene ring substituents is 1. The van der Waals surface area contributed by atoms with Crippen LogP contribution in [-0.4, -0.2) is 31.0 Å². The molecule has 0 radical (unpaired) electrons. The first-order chi connectivity index (χ1) is 15.2. The number of nitrogen functional groups attached to an aromatic ring is 1. The number of nitrogens with one attached hydrogen (secondary N) is 1. The number of rotatable bonds is 9. The van der Waals surface area contributed by atoms with Crippen molar-refractivity contribution >= 4 is 29.0 Å². The molecule has 2 aromatic carbocycles. The third-order valence-corrected chi connectivity index (χ3v) is 5.70. The molecule has 0 aliphatic heterocycles. The minimum atomic E-state index is -0.533. The number of benzene rings is 2. The predicted molar refractivity (Wildman–Crippen MR) is 122 cm³/mol. The smallest absolute Gasteiger partial charge is 0.269 e. The van der Waals surface area contributed by atoms with E-state index in [-0.39, 0.29) is 18.2 Å². The molecule has 0 aliphatic rings. The van der Waals surface area contributed by atoms with E-state index in [0.29, 0.717) is 28.3 Å². The molecule has 168 valence electrons. The summed E-state index contributed by atoms with van der Waals surface area (Å²) in [6.07, 6.45) is 0. The number of ether oxygens (including phenoxy) is 1. The van der Waals surface area contributed by atoms with Gasteiger partial charge in [0.1, 0.15) is 12.4 Å². The second kappa shape index (κ2) is 10.1. The highest BCUT2D eigenvalue weighted by molar-refractivity contribution is 8.00. The number of nitrogens with zero attached hydrogens (tertiary/aromatic N) is 4. The Bertz CT molecular complexity index is 1080. The number of amides is 1. The number of nitro groups is 1. The molecular formula is C21H24N6O4S. The Morgan fingerprint density at radius 3 is 2.41 bits per heavy atom. The average molecular weight is 457 g/mol. The molecule has 0 saturated carbocycles. The normalized spacial score (nSPS) is 11.9. The standard InChI is InChI=1S/C21H24N6O4S/c1-13(2)15-4-10-18(11-5-15)31-12-19-24-25-21(26(19)22)32-14(3)20(28)23-16-6-8-17(9-7-16)27(29)30/h4-11,13-14H,12,22H2,1-3H3,(H,23,28). The number of hydrogen-bond acceptors (Lipinski definition) is 8. The quantitative estimate of drug-likeness (QED) is 0.215. The zero-order valence-electron chi connectivity index (χ0n) is 17.9. The molecule has 1 amide bonds. The van der Waals surface area contributed by atoms with E-state index >= 15 is 0 Å². The first kappa shape index (κ1) is 23.1. The van der Waals surface area contributed by atoms with Gasteiger partial charge in [0.15, 0.2) is 5.82 Å². The predicted octanol–water partition coefficient (Wildman–Crippen LogP) is 3.72. The molecule has 0 bridgehead atoms. The fourth-order valence-electron chi connectivity index (χ4n) is 2.70. The van der Waals surface area contributed by atoms with Gasteiger partial charge in [0.05, 0.1) is 10.2 Å². The third kappa shape index (κ3) is 5.76. The molecule has 1 atom stereocenters. The van der Waals surface area contributed by atoms with Gasteiger partial charge in [0, 0.05) is 17.8 Å². The van der Waals surface area contributed by atoms with Crippen LogP contribution in [0.25, 0.3) is 0 Å². The number of aromatic nitrogens is 3. The zero-order chi connectivity index (χ0) is 23.3. The van der Waals surface area contributed by atoms with Gasteiger partial charge in [0.25, 0.3) is 5.69 Å². The second-order valence-corrected chi connectivity index (χ2v) is 8.64. The maximum absolute atomic E-state index is 12.5. The fourth-order valence-corrected chi connectivity index (χ4v) is 3.49. The fraction of sp³-hybridized carbons (Fsp3) is 0.286. The van der Waals surface area contributed by atoms with Crippen molar-refractivity contribution in [2.75, 3.05) is 11.2 Å². The summed E-state index contributed by atoms with van der Waals surface area (Å²) in [5.41, 5.74) is 1.63. The second-order valence-electron chi connectivity index (χ2n) is 7.33. The number of anilines is 1. The average Bonchev–Trinajstić information content (AvgIpc) is 3.12. The number of nitrogens with two attached hydrogens (primary N) is 1. The van der Waals surface area contributed by atoms with Crippen LogP contribution < -0.4 is 15.9 Å². The van der Waals surface area contributed by atoms with Gasteiger partial charge in [-0.05, 0) is 42.7 Å². The number of carbonyl (C=O) groups is 1. The molecule has 1 aromatic heterocycles. The van der Waals surface area contributed by atoms with E-state index in [2.05, 4.69) is 29.4 Å². The first-order valence-corrected chi connectivity index (χ1v) is 10.8. The highest BCUT2D eigenvalue weighted by Gasteiger charge is 2.20. The molecule has 0 saturated heterocycles.